The number of benzene rings is 1. The lowest BCUT2D eigenvalue weighted by Gasteiger charge is -2.07. The fraction of sp³-hybridized carbons (Fsp3) is 0.0952. The number of carbonyl (C=O) groups excluding carboxylic acids is 1. The maximum Gasteiger partial charge on any atom is 0.253 e. The van der Waals surface area contributed by atoms with Crippen molar-refractivity contribution in [1.29, 1.82) is 0 Å². The van der Waals surface area contributed by atoms with Crippen LogP contribution in [0.4, 0.5) is 0 Å². The van der Waals surface area contributed by atoms with E-state index in [0.29, 0.717) is 24.6 Å². The van der Waals surface area contributed by atoms with Crippen molar-refractivity contribution in [3.8, 4) is 5.88 Å². The Kier molecular flexibility index (Phi) is 5.72. The minimum atomic E-state index is -0.187. The molecule has 2 heterocycles. The minimum Gasteiger partial charge on any atom is -0.473 e. The Morgan fingerprint density at radius 2 is 1.92 bits per heavy atom. The van der Waals surface area contributed by atoms with E-state index in [1.54, 1.807) is 30.6 Å². The third-order valence-electron chi connectivity index (χ3n) is 3.78. The Labute approximate surface area is 152 Å². The highest BCUT2D eigenvalue weighted by Gasteiger charge is 2.06. The fourth-order valence-electron chi connectivity index (χ4n) is 2.29. The van der Waals surface area contributed by atoms with E-state index < -0.39 is 0 Å². The van der Waals surface area contributed by atoms with Crippen LogP contribution in [-0.2, 0) is 13.2 Å². The highest BCUT2D eigenvalue weighted by atomic mass is 16.5. The molecule has 5 nitrogen and oxygen atoms in total. The van der Waals surface area contributed by atoms with Gasteiger partial charge in [0.15, 0.2) is 0 Å². The van der Waals surface area contributed by atoms with E-state index in [2.05, 4.69) is 21.9 Å². The van der Waals surface area contributed by atoms with Crippen molar-refractivity contribution in [3.63, 3.8) is 0 Å². The fourth-order valence-corrected chi connectivity index (χ4v) is 2.29. The molecule has 1 aromatic carbocycles. The van der Waals surface area contributed by atoms with Crippen LogP contribution in [0.15, 0.2) is 73.7 Å². The lowest BCUT2D eigenvalue weighted by atomic mass is 10.1. The molecule has 0 saturated carbocycles. The standard InChI is InChI=1S/C21H19N3O2/c1-2-16-5-7-17(8-6-16)15-26-20-10-9-19(14-23-20)21(25)24-13-18-4-3-11-22-12-18/h2-12,14H,1,13,15H2,(H,24,25). The second kappa shape index (κ2) is 8.58. The maximum absolute atomic E-state index is 12.1. The highest BCUT2D eigenvalue weighted by Crippen LogP contribution is 2.12. The zero-order valence-corrected chi connectivity index (χ0v) is 14.3. The summed E-state index contributed by atoms with van der Waals surface area (Å²) < 4.78 is 5.65. The van der Waals surface area contributed by atoms with Crippen molar-refractivity contribution in [2.24, 2.45) is 0 Å². The molecule has 5 heteroatoms. The van der Waals surface area contributed by atoms with Gasteiger partial charge in [-0.3, -0.25) is 9.78 Å². The average Bonchev–Trinajstić information content (AvgIpc) is 2.72. The van der Waals surface area contributed by atoms with Gasteiger partial charge in [0.1, 0.15) is 6.61 Å². The van der Waals surface area contributed by atoms with Crippen LogP contribution in [0.2, 0.25) is 0 Å². The zero-order chi connectivity index (χ0) is 18.2. The molecule has 0 radical (unpaired) electrons. The predicted molar refractivity (Wildman–Crippen MR) is 101 cm³/mol. The Hall–Kier alpha value is -3.47. The molecule has 26 heavy (non-hydrogen) atoms. The summed E-state index contributed by atoms with van der Waals surface area (Å²) in [6.45, 7) is 4.57. The number of rotatable bonds is 7. The first kappa shape index (κ1) is 17.4. The maximum atomic E-state index is 12.1. The Balaban J connectivity index is 1.52. The summed E-state index contributed by atoms with van der Waals surface area (Å²) in [7, 11) is 0. The van der Waals surface area contributed by atoms with E-state index in [0.717, 1.165) is 16.7 Å². The van der Waals surface area contributed by atoms with Gasteiger partial charge in [0.25, 0.3) is 5.91 Å². The molecule has 3 rings (SSSR count). The quantitative estimate of drug-likeness (QED) is 0.710. The number of nitrogens with one attached hydrogen (secondary N) is 1. The van der Waals surface area contributed by atoms with Gasteiger partial charge in [-0.2, -0.15) is 0 Å². The second-order valence-electron chi connectivity index (χ2n) is 5.66. The molecule has 0 aliphatic carbocycles. The monoisotopic (exact) mass is 345 g/mol. The zero-order valence-electron chi connectivity index (χ0n) is 14.3. The lowest BCUT2D eigenvalue weighted by molar-refractivity contribution is 0.0950. The Morgan fingerprint density at radius 1 is 1.08 bits per heavy atom. The summed E-state index contributed by atoms with van der Waals surface area (Å²) in [5.74, 6) is 0.287. The van der Waals surface area contributed by atoms with Gasteiger partial charge in [-0.05, 0) is 28.8 Å². The summed E-state index contributed by atoms with van der Waals surface area (Å²) in [6, 6.07) is 15.1. The number of hydrogen-bond donors (Lipinski definition) is 1. The molecule has 0 spiro atoms. The molecule has 0 fully saturated rings. The number of nitrogens with zero attached hydrogens (tertiary/aromatic N) is 2. The van der Waals surface area contributed by atoms with Crippen molar-refractivity contribution in [3.05, 3.63) is 96.0 Å². The van der Waals surface area contributed by atoms with E-state index in [1.165, 1.54) is 6.20 Å². The van der Waals surface area contributed by atoms with E-state index >= 15 is 0 Å². The van der Waals surface area contributed by atoms with Crippen molar-refractivity contribution in [2.75, 3.05) is 0 Å². The Bertz CT molecular complexity index is 860. The molecular formula is C21H19N3O2. The van der Waals surface area contributed by atoms with Crippen LogP contribution in [0.25, 0.3) is 6.08 Å². The van der Waals surface area contributed by atoms with Gasteiger partial charge in [-0.1, -0.05) is 43.0 Å². The largest absolute Gasteiger partial charge is 0.473 e. The normalized spacial score (nSPS) is 10.2. The second-order valence-corrected chi connectivity index (χ2v) is 5.66. The first-order valence-electron chi connectivity index (χ1n) is 8.22. The molecule has 0 atom stereocenters. The number of hydrogen-bond acceptors (Lipinski definition) is 4. The molecule has 130 valence electrons. The number of carbonyl (C=O) groups is 1. The lowest BCUT2D eigenvalue weighted by Crippen LogP contribution is -2.22. The SMILES string of the molecule is C=Cc1ccc(COc2ccc(C(=O)NCc3cccnc3)cn2)cc1. The molecule has 0 unspecified atom stereocenters. The summed E-state index contributed by atoms with van der Waals surface area (Å²) >= 11 is 0. The average molecular weight is 345 g/mol. The van der Waals surface area contributed by atoms with Crippen molar-refractivity contribution in [2.45, 2.75) is 13.2 Å². The van der Waals surface area contributed by atoms with Crippen LogP contribution in [-0.4, -0.2) is 15.9 Å². The summed E-state index contributed by atoms with van der Waals surface area (Å²) in [6.07, 6.45) is 6.72. The van der Waals surface area contributed by atoms with Crippen LogP contribution in [0.5, 0.6) is 5.88 Å². The first-order valence-corrected chi connectivity index (χ1v) is 8.22. The van der Waals surface area contributed by atoms with Gasteiger partial charge in [0, 0.05) is 31.2 Å². The van der Waals surface area contributed by atoms with Crippen molar-refractivity contribution in [1.82, 2.24) is 15.3 Å². The molecule has 0 saturated heterocycles. The van der Waals surface area contributed by atoms with Crippen molar-refractivity contribution < 1.29 is 9.53 Å². The van der Waals surface area contributed by atoms with E-state index in [4.69, 9.17) is 4.74 Å². The smallest absolute Gasteiger partial charge is 0.253 e. The van der Waals surface area contributed by atoms with Gasteiger partial charge in [0.05, 0.1) is 5.56 Å². The van der Waals surface area contributed by atoms with Gasteiger partial charge in [-0.25, -0.2) is 4.98 Å². The van der Waals surface area contributed by atoms with E-state index in [1.807, 2.05) is 36.4 Å². The molecule has 1 amide bonds. The number of ether oxygens (including phenoxy) is 1. The van der Waals surface area contributed by atoms with Crippen molar-refractivity contribution >= 4 is 12.0 Å². The summed E-state index contributed by atoms with van der Waals surface area (Å²) in [5.41, 5.74) is 3.53. The molecule has 2 aromatic heterocycles. The van der Waals surface area contributed by atoms with Gasteiger partial charge >= 0.3 is 0 Å². The van der Waals surface area contributed by atoms with Crippen LogP contribution < -0.4 is 10.1 Å². The topological polar surface area (TPSA) is 64.1 Å². The first-order chi connectivity index (χ1) is 12.7. The summed E-state index contributed by atoms with van der Waals surface area (Å²) in [4.78, 5) is 20.4. The molecule has 0 bridgehead atoms. The Morgan fingerprint density at radius 3 is 2.58 bits per heavy atom. The molecule has 3 aromatic rings. The number of pyridine rings is 2. The van der Waals surface area contributed by atoms with Crippen LogP contribution >= 0.6 is 0 Å². The predicted octanol–water partition coefficient (Wildman–Crippen LogP) is 3.63. The molecule has 0 aliphatic heterocycles. The van der Waals surface area contributed by atoms with E-state index in [-0.39, 0.29) is 5.91 Å². The molecule has 1 N–H and O–H groups in total. The van der Waals surface area contributed by atoms with Crippen LogP contribution in [0.1, 0.15) is 27.0 Å². The van der Waals surface area contributed by atoms with Gasteiger partial charge < -0.3 is 10.1 Å². The number of aromatic nitrogens is 2. The minimum absolute atomic E-state index is 0.187. The highest BCUT2D eigenvalue weighted by molar-refractivity contribution is 5.93. The third kappa shape index (κ3) is 4.77. The molecular weight excluding hydrogens is 326 g/mol. The van der Waals surface area contributed by atoms with Gasteiger partial charge in [0.2, 0.25) is 5.88 Å². The van der Waals surface area contributed by atoms with Crippen LogP contribution in [0.3, 0.4) is 0 Å². The van der Waals surface area contributed by atoms with Crippen LogP contribution in [0, 0.1) is 0 Å². The van der Waals surface area contributed by atoms with E-state index in [9.17, 15) is 4.79 Å². The number of amides is 1. The molecule has 0 aliphatic rings. The third-order valence-corrected chi connectivity index (χ3v) is 3.78. The summed E-state index contributed by atoms with van der Waals surface area (Å²) in [5, 5.41) is 2.84. The van der Waals surface area contributed by atoms with Gasteiger partial charge in [-0.15, -0.1) is 0 Å².